The number of carbonyl (C=O) groups is 2. The van der Waals surface area contributed by atoms with Gasteiger partial charge in [0.05, 0.1) is 13.2 Å². The maximum absolute atomic E-state index is 12.8. The van der Waals surface area contributed by atoms with Crippen LogP contribution in [0, 0.1) is 5.82 Å². The zero-order valence-electron chi connectivity index (χ0n) is 12.7. The first kappa shape index (κ1) is 18.1. The molecule has 0 fully saturated rings. The summed E-state index contributed by atoms with van der Waals surface area (Å²) in [5.74, 6) is -1.27. The molecule has 1 rings (SSSR count). The predicted octanol–water partition coefficient (Wildman–Crippen LogP) is 0.318. The van der Waals surface area contributed by atoms with Gasteiger partial charge in [-0.3, -0.25) is 14.6 Å². The fraction of sp³-hybridized carbons (Fsp3) is 0.267. The van der Waals surface area contributed by atoms with Crippen LogP contribution in [0.1, 0.15) is 17.3 Å². The molecule has 8 heteroatoms. The van der Waals surface area contributed by atoms with Crippen molar-refractivity contribution < 1.29 is 18.7 Å². The van der Waals surface area contributed by atoms with Crippen molar-refractivity contribution in [3.05, 3.63) is 47.4 Å². The maximum Gasteiger partial charge on any atom is 0.327 e. The molecule has 7 nitrogen and oxygen atoms in total. The number of ether oxygens (including phenoxy) is 1. The van der Waals surface area contributed by atoms with Gasteiger partial charge in [-0.15, -0.1) is 0 Å². The van der Waals surface area contributed by atoms with E-state index in [1.54, 1.807) is 6.92 Å². The molecule has 0 saturated heterocycles. The Hall–Kier alpha value is -2.90. The van der Waals surface area contributed by atoms with E-state index in [0.717, 1.165) is 0 Å². The van der Waals surface area contributed by atoms with Crippen LogP contribution in [0.5, 0.6) is 0 Å². The lowest BCUT2D eigenvalue weighted by Crippen LogP contribution is -2.29. The topological polar surface area (TPSA) is 120 Å². The molecule has 0 aliphatic heterocycles. The highest BCUT2D eigenvalue weighted by molar-refractivity contribution is 5.95. The third kappa shape index (κ3) is 7.07. The van der Waals surface area contributed by atoms with Crippen molar-refractivity contribution in [1.29, 1.82) is 0 Å². The van der Waals surface area contributed by atoms with Crippen LogP contribution in [0.2, 0.25) is 0 Å². The van der Waals surface area contributed by atoms with Crippen molar-refractivity contribution >= 4 is 17.7 Å². The van der Waals surface area contributed by atoms with Gasteiger partial charge in [0.15, 0.2) is 0 Å². The first-order valence-corrected chi connectivity index (χ1v) is 6.87. The summed E-state index contributed by atoms with van der Waals surface area (Å²) >= 11 is 0. The van der Waals surface area contributed by atoms with E-state index in [4.69, 9.17) is 16.2 Å². The third-order valence-corrected chi connectivity index (χ3v) is 2.59. The number of hydrogen-bond donors (Lipinski definition) is 3. The lowest BCUT2D eigenvalue weighted by Gasteiger charge is -2.06. The van der Waals surface area contributed by atoms with Gasteiger partial charge in [-0.05, 0) is 31.2 Å². The Kier molecular flexibility index (Phi) is 7.25. The third-order valence-electron chi connectivity index (χ3n) is 2.59. The van der Waals surface area contributed by atoms with Gasteiger partial charge in [0.1, 0.15) is 18.2 Å². The number of aliphatic imine (C=N–C) groups is 1. The van der Waals surface area contributed by atoms with E-state index in [-0.39, 0.29) is 31.2 Å². The van der Waals surface area contributed by atoms with Gasteiger partial charge < -0.3 is 21.5 Å². The number of amides is 1. The van der Waals surface area contributed by atoms with Crippen LogP contribution < -0.4 is 16.8 Å². The Morgan fingerprint density at radius 2 is 1.96 bits per heavy atom. The molecule has 0 aliphatic carbocycles. The minimum absolute atomic E-state index is 0.0336. The average molecular weight is 322 g/mol. The van der Waals surface area contributed by atoms with Gasteiger partial charge in [0.25, 0.3) is 5.91 Å². The average Bonchev–Trinajstić information content (AvgIpc) is 2.51. The van der Waals surface area contributed by atoms with Crippen LogP contribution in [-0.4, -0.2) is 37.4 Å². The summed E-state index contributed by atoms with van der Waals surface area (Å²) in [5, 5.41) is 2.55. The molecule has 1 aromatic carbocycles. The number of benzene rings is 1. The highest BCUT2D eigenvalue weighted by Gasteiger charge is 2.05. The molecule has 124 valence electrons. The normalized spacial score (nSPS) is 11.9. The zero-order chi connectivity index (χ0) is 17.2. The van der Waals surface area contributed by atoms with Crippen LogP contribution in [-0.2, 0) is 9.53 Å². The second-order valence-corrected chi connectivity index (χ2v) is 4.45. The van der Waals surface area contributed by atoms with Gasteiger partial charge >= 0.3 is 5.97 Å². The van der Waals surface area contributed by atoms with Crippen molar-refractivity contribution in [2.24, 2.45) is 16.5 Å². The van der Waals surface area contributed by atoms with Gasteiger partial charge in [0, 0.05) is 17.3 Å². The Balaban J connectivity index is 2.49. The Morgan fingerprint density at radius 1 is 1.30 bits per heavy atom. The molecule has 0 unspecified atom stereocenters. The largest absolute Gasteiger partial charge is 0.465 e. The number of hydrogen-bond acceptors (Lipinski definition) is 5. The van der Waals surface area contributed by atoms with Crippen molar-refractivity contribution in [3.8, 4) is 0 Å². The maximum atomic E-state index is 12.8. The van der Waals surface area contributed by atoms with Gasteiger partial charge in [-0.1, -0.05) is 0 Å². The summed E-state index contributed by atoms with van der Waals surface area (Å²) in [6.07, 6.45) is 1.34. The van der Waals surface area contributed by atoms with Crippen LogP contribution in [0.3, 0.4) is 0 Å². The Labute approximate surface area is 133 Å². The molecule has 0 saturated carbocycles. The fourth-order valence-electron chi connectivity index (χ4n) is 1.53. The lowest BCUT2D eigenvalue weighted by molar-refractivity contribution is -0.141. The molecule has 0 aliphatic rings. The van der Waals surface area contributed by atoms with Crippen molar-refractivity contribution in [2.75, 3.05) is 19.7 Å². The van der Waals surface area contributed by atoms with Crippen molar-refractivity contribution in [3.63, 3.8) is 0 Å². The van der Waals surface area contributed by atoms with Crippen molar-refractivity contribution in [2.45, 2.75) is 6.92 Å². The van der Waals surface area contributed by atoms with Gasteiger partial charge in [0.2, 0.25) is 0 Å². The van der Waals surface area contributed by atoms with E-state index in [9.17, 15) is 14.0 Å². The molecular weight excluding hydrogens is 303 g/mol. The Bertz CT molecular complexity index is 612. The zero-order valence-corrected chi connectivity index (χ0v) is 12.7. The smallest absolute Gasteiger partial charge is 0.327 e. The molecule has 1 aromatic rings. The summed E-state index contributed by atoms with van der Waals surface area (Å²) in [6.45, 7) is 1.78. The second kappa shape index (κ2) is 9.19. The molecule has 0 radical (unpaired) electrons. The molecule has 0 spiro atoms. The number of amidine groups is 1. The highest BCUT2D eigenvalue weighted by atomic mass is 19.1. The number of halogens is 1. The number of nitrogens with zero attached hydrogens (tertiary/aromatic N) is 1. The van der Waals surface area contributed by atoms with E-state index in [1.807, 2.05) is 0 Å². The van der Waals surface area contributed by atoms with Crippen LogP contribution in [0.15, 0.2) is 41.0 Å². The van der Waals surface area contributed by atoms with E-state index in [1.165, 1.54) is 30.3 Å². The standard InChI is InChI=1S/C15H19FN4O3/c1-2-23-14(21)9-19-13(18)7-12(17)8-20-15(22)10-3-5-11(16)6-4-10/h3-7H,2,8-9,17H2,1H3,(H2,18,19)(H,20,22)/b12-7-. The fourth-order valence-corrected chi connectivity index (χ4v) is 1.53. The van der Waals surface area contributed by atoms with Crippen LogP contribution in [0.4, 0.5) is 4.39 Å². The molecule has 1 amide bonds. The number of rotatable bonds is 7. The van der Waals surface area contributed by atoms with E-state index >= 15 is 0 Å². The van der Waals surface area contributed by atoms with Gasteiger partial charge in [-0.2, -0.15) is 0 Å². The highest BCUT2D eigenvalue weighted by Crippen LogP contribution is 2.02. The number of esters is 1. The van der Waals surface area contributed by atoms with Gasteiger partial charge in [-0.25, -0.2) is 4.39 Å². The number of nitrogens with one attached hydrogen (secondary N) is 1. The second-order valence-electron chi connectivity index (χ2n) is 4.45. The minimum atomic E-state index is -0.493. The van der Waals surface area contributed by atoms with Crippen LogP contribution in [0.25, 0.3) is 0 Å². The molecule has 23 heavy (non-hydrogen) atoms. The lowest BCUT2D eigenvalue weighted by atomic mass is 10.2. The monoisotopic (exact) mass is 322 g/mol. The summed E-state index contributed by atoms with van der Waals surface area (Å²) < 4.78 is 17.5. The first-order valence-electron chi connectivity index (χ1n) is 6.87. The SMILES string of the molecule is CCOC(=O)CN=C(N)/C=C(\N)CNC(=O)c1ccc(F)cc1. The molecular formula is C15H19FN4O3. The molecule has 5 N–H and O–H groups in total. The summed E-state index contributed by atoms with van der Waals surface area (Å²) in [5.41, 5.74) is 11.8. The molecule has 0 heterocycles. The summed E-state index contributed by atoms with van der Waals surface area (Å²) in [4.78, 5) is 26.7. The molecule has 0 aromatic heterocycles. The minimum Gasteiger partial charge on any atom is -0.465 e. The first-order chi connectivity index (χ1) is 10.9. The Morgan fingerprint density at radius 3 is 2.57 bits per heavy atom. The quantitative estimate of drug-likeness (QED) is 0.379. The van der Waals surface area contributed by atoms with E-state index in [2.05, 4.69) is 10.3 Å². The van der Waals surface area contributed by atoms with Crippen molar-refractivity contribution in [1.82, 2.24) is 5.32 Å². The number of carbonyl (C=O) groups excluding carboxylic acids is 2. The molecule has 0 bridgehead atoms. The summed E-state index contributed by atoms with van der Waals surface area (Å²) in [7, 11) is 0. The predicted molar refractivity (Wildman–Crippen MR) is 84.1 cm³/mol. The van der Waals surface area contributed by atoms with E-state index in [0.29, 0.717) is 5.56 Å². The van der Waals surface area contributed by atoms with Crippen LogP contribution >= 0.6 is 0 Å². The van der Waals surface area contributed by atoms with E-state index < -0.39 is 17.7 Å². The summed E-state index contributed by atoms with van der Waals surface area (Å²) in [6, 6.07) is 5.10. The molecule has 0 atom stereocenters. The number of nitrogens with two attached hydrogens (primary N) is 2.